The van der Waals surface area contributed by atoms with Gasteiger partial charge in [-0.15, -0.1) is 0 Å². The molecule has 0 aromatic rings. The molecule has 0 spiro atoms. The van der Waals surface area contributed by atoms with Gasteiger partial charge in [-0.1, -0.05) is 26.3 Å². The number of amides is 2. The van der Waals surface area contributed by atoms with Gasteiger partial charge >= 0.3 is 0 Å². The van der Waals surface area contributed by atoms with Gasteiger partial charge in [-0.05, 0) is 50.4 Å². The van der Waals surface area contributed by atoms with E-state index in [2.05, 4.69) is 12.2 Å². The van der Waals surface area contributed by atoms with E-state index in [1.807, 2.05) is 24.8 Å². The summed E-state index contributed by atoms with van der Waals surface area (Å²) in [6.45, 7) is 8.42. The summed E-state index contributed by atoms with van der Waals surface area (Å²) in [4.78, 5) is 26.2. The smallest absolute Gasteiger partial charge is 0.246 e. The molecule has 4 heteroatoms. The first kappa shape index (κ1) is 18.0. The van der Waals surface area contributed by atoms with Gasteiger partial charge < -0.3 is 10.2 Å². The molecule has 23 heavy (non-hydrogen) atoms. The fourth-order valence-corrected chi connectivity index (χ4v) is 3.42. The second-order valence-corrected chi connectivity index (χ2v) is 7.68. The van der Waals surface area contributed by atoms with E-state index in [4.69, 9.17) is 0 Å². The Bertz CT molecular complexity index is 446. The Morgan fingerprint density at radius 1 is 1.26 bits per heavy atom. The monoisotopic (exact) mass is 320 g/mol. The van der Waals surface area contributed by atoms with Crippen molar-refractivity contribution in [2.75, 3.05) is 19.6 Å². The first-order valence-electron chi connectivity index (χ1n) is 9.21. The average Bonchev–Trinajstić information content (AvgIpc) is 2.54. The fraction of sp³-hybridized carbons (Fsp3) is 0.789. The molecule has 2 aliphatic rings. The molecule has 2 fully saturated rings. The Morgan fingerprint density at radius 2 is 1.96 bits per heavy atom. The first-order valence-corrected chi connectivity index (χ1v) is 9.21. The van der Waals surface area contributed by atoms with Gasteiger partial charge in [0.05, 0.1) is 0 Å². The van der Waals surface area contributed by atoms with Crippen molar-refractivity contribution in [1.29, 1.82) is 0 Å². The van der Waals surface area contributed by atoms with Crippen LogP contribution in [-0.4, -0.2) is 36.3 Å². The van der Waals surface area contributed by atoms with E-state index in [0.29, 0.717) is 12.5 Å². The normalized spacial score (nSPS) is 25.4. The molecule has 2 rings (SSSR count). The standard InChI is InChI=1S/C19H32N2O2/c1-14(2)19(23)20-12-17-5-4-10-21(13-17)18(22)11-16-8-6-15(3)7-9-16/h11,14-15,17H,4-10,12-13H2,1-3H3,(H,20,23)/t15?,17-/m1/s1. The SMILES string of the molecule is CC1CCC(=CC(=O)N2CCC[C@H](CNC(=O)C(C)C)C2)CC1. The zero-order valence-corrected chi connectivity index (χ0v) is 14.9. The molecule has 1 atom stereocenters. The third-order valence-corrected chi connectivity index (χ3v) is 5.16. The van der Waals surface area contributed by atoms with Gasteiger partial charge in [0.1, 0.15) is 0 Å². The van der Waals surface area contributed by atoms with Gasteiger partial charge in [0.15, 0.2) is 0 Å². The lowest BCUT2D eigenvalue weighted by Gasteiger charge is -2.32. The third-order valence-electron chi connectivity index (χ3n) is 5.16. The van der Waals surface area contributed by atoms with Crippen molar-refractivity contribution in [2.45, 2.75) is 59.3 Å². The number of nitrogens with zero attached hydrogens (tertiary/aromatic N) is 1. The van der Waals surface area contributed by atoms with Gasteiger partial charge in [0.25, 0.3) is 0 Å². The number of carbonyl (C=O) groups is 2. The number of allylic oxidation sites excluding steroid dienone is 1. The lowest BCUT2D eigenvalue weighted by atomic mass is 9.87. The number of carbonyl (C=O) groups excluding carboxylic acids is 2. The Labute approximate surface area is 140 Å². The lowest BCUT2D eigenvalue weighted by molar-refractivity contribution is -0.127. The molecule has 0 aromatic heterocycles. The molecule has 0 aromatic carbocycles. The minimum atomic E-state index is 0.0229. The van der Waals surface area contributed by atoms with Gasteiger partial charge in [-0.2, -0.15) is 0 Å². The van der Waals surface area contributed by atoms with Crippen LogP contribution in [0.5, 0.6) is 0 Å². The number of hydrogen-bond acceptors (Lipinski definition) is 2. The largest absolute Gasteiger partial charge is 0.356 e. The van der Waals surface area contributed by atoms with Crippen LogP contribution in [0.4, 0.5) is 0 Å². The van der Waals surface area contributed by atoms with E-state index in [9.17, 15) is 9.59 Å². The first-order chi connectivity index (χ1) is 11.0. The van der Waals surface area contributed by atoms with Crippen LogP contribution in [0.25, 0.3) is 0 Å². The van der Waals surface area contributed by atoms with Gasteiger partial charge in [0, 0.05) is 31.6 Å². The van der Waals surface area contributed by atoms with Gasteiger partial charge in [0.2, 0.25) is 11.8 Å². The van der Waals surface area contributed by atoms with Crippen LogP contribution in [0, 0.1) is 17.8 Å². The highest BCUT2D eigenvalue weighted by molar-refractivity contribution is 5.88. The second-order valence-electron chi connectivity index (χ2n) is 7.68. The number of hydrogen-bond donors (Lipinski definition) is 1. The van der Waals surface area contributed by atoms with Crippen molar-refractivity contribution in [3.8, 4) is 0 Å². The molecular formula is C19H32N2O2. The molecule has 1 aliphatic heterocycles. The van der Waals surface area contributed by atoms with Crippen molar-refractivity contribution >= 4 is 11.8 Å². The maximum atomic E-state index is 12.5. The maximum absolute atomic E-state index is 12.5. The molecule has 0 bridgehead atoms. The number of piperidine rings is 1. The minimum Gasteiger partial charge on any atom is -0.356 e. The topological polar surface area (TPSA) is 49.4 Å². The summed E-state index contributed by atoms with van der Waals surface area (Å²) in [5.41, 5.74) is 1.32. The zero-order valence-electron chi connectivity index (χ0n) is 14.9. The van der Waals surface area contributed by atoms with Crippen LogP contribution < -0.4 is 5.32 Å². The van der Waals surface area contributed by atoms with Crippen molar-refractivity contribution in [3.05, 3.63) is 11.6 Å². The van der Waals surface area contributed by atoms with Crippen molar-refractivity contribution < 1.29 is 9.59 Å². The number of rotatable bonds is 4. The number of nitrogens with one attached hydrogen (secondary N) is 1. The summed E-state index contributed by atoms with van der Waals surface area (Å²) in [5.74, 6) is 1.49. The molecule has 1 aliphatic carbocycles. The van der Waals surface area contributed by atoms with Crippen LogP contribution in [-0.2, 0) is 9.59 Å². The summed E-state index contributed by atoms with van der Waals surface area (Å²) >= 11 is 0. The predicted molar refractivity (Wildman–Crippen MR) is 92.9 cm³/mol. The maximum Gasteiger partial charge on any atom is 0.246 e. The van der Waals surface area contributed by atoms with Gasteiger partial charge in [-0.25, -0.2) is 0 Å². The second kappa shape index (κ2) is 8.51. The van der Waals surface area contributed by atoms with E-state index in [1.165, 1.54) is 18.4 Å². The fourth-order valence-electron chi connectivity index (χ4n) is 3.42. The Morgan fingerprint density at radius 3 is 2.61 bits per heavy atom. The van der Waals surface area contributed by atoms with Crippen LogP contribution in [0.2, 0.25) is 0 Å². The summed E-state index contributed by atoms with van der Waals surface area (Å²) < 4.78 is 0. The molecule has 1 saturated carbocycles. The Kier molecular flexibility index (Phi) is 6.67. The van der Waals surface area contributed by atoms with E-state index in [1.54, 1.807) is 0 Å². The van der Waals surface area contributed by atoms with Crippen molar-refractivity contribution in [2.24, 2.45) is 17.8 Å². The highest BCUT2D eigenvalue weighted by Crippen LogP contribution is 2.28. The molecule has 1 saturated heterocycles. The van der Waals surface area contributed by atoms with E-state index in [-0.39, 0.29) is 17.7 Å². The molecule has 2 amide bonds. The summed E-state index contributed by atoms with van der Waals surface area (Å²) in [5, 5.41) is 3.01. The van der Waals surface area contributed by atoms with Crippen LogP contribution >= 0.6 is 0 Å². The average molecular weight is 320 g/mol. The summed E-state index contributed by atoms with van der Waals surface area (Å²) in [7, 11) is 0. The molecule has 0 unspecified atom stereocenters. The Balaban J connectivity index is 1.82. The van der Waals surface area contributed by atoms with E-state index < -0.39 is 0 Å². The summed E-state index contributed by atoms with van der Waals surface area (Å²) in [6.07, 6.45) is 8.60. The molecule has 1 N–H and O–H groups in total. The molecule has 0 radical (unpaired) electrons. The van der Waals surface area contributed by atoms with Crippen LogP contribution in [0.15, 0.2) is 11.6 Å². The number of likely N-dealkylation sites (tertiary alicyclic amines) is 1. The van der Waals surface area contributed by atoms with Crippen molar-refractivity contribution in [3.63, 3.8) is 0 Å². The highest BCUT2D eigenvalue weighted by Gasteiger charge is 2.24. The molecule has 130 valence electrons. The Hall–Kier alpha value is -1.32. The minimum absolute atomic E-state index is 0.0229. The summed E-state index contributed by atoms with van der Waals surface area (Å²) in [6, 6.07) is 0. The third kappa shape index (κ3) is 5.67. The molecular weight excluding hydrogens is 288 g/mol. The lowest BCUT2D eigenvalue weighted by Crippen LogP contribution is -2.43. The van der Waals surface area contributed by atoms with E-state index in [0.717, 1.165) is 44.7 Å². The van der Waals surface area contributed by atoms with Crippen molar-refractivity contribution in [1.82, 2.24) is 10.2 Å². The predicted octanol–water partition coefficient (Wildman–Crippen LogP) is 3.13. The molecule has 4 nitrogen and oxygen atoms in total. The quantitative estimate of drug-likeness (QED) is 0.809. The van der Waals surface area contributed by atoms with Gasteiger partial charge in [-0.3, -0.25) is 9.59 Å². The highest BCUT2D eigenvalue weighted by atomic mass is 16.2. The van der Waals surface area contributed by atoms with E-state index >= 15 is 0 Å². The van der Waals surface area contributed by atoms with Crippen LogP contribution in [0.3, 0.4) is 0 Å². The van der Waals surface area contributed by atoms with Crippen LogP contribution in [0.1, 0.15) is 59.3 Å². The molecule has 1 heterocycles. The zero-order chi connectivity index (χ0) is 16.8.